The van der Waals surface area contributed by atoms with Crippen LogP contribution in [0.3, 0.4) is 0 Å². The maximum absolute atomic E-state index is 13.2. The summed E-state index contributed by atoms with van der Waals surface area (Å²) >= 11 is 3.15. The van der Waals surface area contributed by atoms with E-state index in [1.807, 2.05) is 6.92 Å². The summed E-state index contributed by atoms with van der Waals surface area (Å²) in [5.41, 5.74) is 7.11. The molecule has 0 saturated heterocycles. The molecule has 3 N–H and O–H groups in total. The fourth-order valence-electron chi connectivity index (χ4n) is 1.35. The van der Waals surface area contributed by atoms with Crippen LogP contribution in [0.5, 0.6) is 5.75 Å². The minimum absolute atomic E-state index is 0. The highest BCUT2D eigenvalue weighted by atomic mass is 79.9. The lowest BCUT2D eigenvalue weighted by Gasteiger charge is -2.14. The Morgan fingerprint density at radius 3 is 2.69 bits per heavy atom. The molecular formula is C11H14BrClFNO. The maximum atomic E-state index is 13.2. The number of benzene rings is 1. The first kappa shape index (κ1) is 15.4. The van der Waals surface area contributed by atoms with E-state index >= 15 is 0 Å². The van der Waals surface area contributed by atoms with Gasteiger partial charge in [0.15, 0.2) is 11.6 Å². The molecule has 0 spiro atoms. The first-order valence-electron chi connectivity index (χ1n) is 4.49. The van der Waals surface area contributed by atoms with Gasteiger partial charge in [-0.1, -0.05) is 21.5 Å². The highest BCUT2D eigenvalue weighted by Gasteiger charge is 2.15. The predicted octanol–water partition coefficient (Wildman–Crippen LogP) is 3.68. The SMILES string of the molecule is C=C(C)C[C@@H](N)c1cc(Br)cc(F)c1O.Cl. The molecule has 0 fully saturated rings. The van der Waals surface area contributed by atoms with Gasteiger partial charge >= 0.3 is 0 Å². The molecule has 1 aromatic carbocycles. The molecule has 0 aliphatic rings. The van der Waals surface area contributed by atoms with Gasteiger partial charge in [-0.15, -0.1) is 19.0 Å². The molecule has 90 valence electrons. The third-order valence-corrected chi connectivity index (χ3v) is 2.48. The predicted molar refractivity (Wildman–Crippen MR) is 69.4 cm³/mol. The van der Waals surface area contributed by atoms with Crippen LogP contribution in [0.25, 0.3) is 0 Å². The van der Waals surface area contributed by atoms with Crippen molar-refractivity contribution in [3.05, 3.63) is 40.1 Å². The molecule has 0 radical (unpaired) electrons. The molecule has 1 atom stereocenters. The van der Waals surface area contributed by atoms with E-state index < -0.39 is 11.9 Å². The molecular weight excluding hydrogens is 296 g/mol. The molecule has 1 rings (SSSR count). The fraction of sp³-hybridized carbons (Fsp3) is 0.273. The summed E-state index contributed by atoms with van der Waals surface area (Å²) in [5.74, 6) is -1.05. The number of rotatable bonds is 3. The monoisotopic (exact) mass is 309 g/mol. The van der Waals surface area contributed by atoms with Crippen LogP contribution in [-0.4, -0.2) is 5.11 Å². The summed E-state index contributed by atoms with van der Waals surface area (Å²) < 4.78 is 13.7. The van der Waals surface area contributed by atoms with Gasteiger partial charge in [0.2, 0.25) is 0 Å². The van der Waals surface area contributed by atoms with Crippen molar-refractivity contribution < 1.29 is 9.50 Å². The fourth-order valence-corrected chi connectivity index (χ4v) is 1.80. The lowest BCUT2D eigenvalue weighted by Crippen LogP contribution is -2.11. The van der Waals surface area contributed by atoms with Crippen molar-refractivity contribution in [2.24, 2.45) is 5.73 Å². The van der Waals surface area contributed by atoms with E-state index in [1.54, 1.807) is 6.07 Å². The van der Waals surface area contributed by atoms with Crippen molar-refractivity contribution in [1.29, 1.82) is 0 Å². The summed E-state index contributed by atoms with van der Waals surface area (Å²) in [6.07, 6.45) is 0.517. The van der Waals surface area contributed by atoms with Crippen LogP contribution in [0.2, 0.25) is 0 Å². The molecule has 0 aromatic heterocycles. The van der Waals surface area contributed by atoms with E-state index in [0.717, 1.165) is 5.57 Å². The number of nitrogens with two attached hydrogens (primary N) is 1. The summed E-state index contributed by atoms with van der Waals surface area (Å²) in [7, 11) is 0. The van der Waals surface area contributed by atoms with Gasteiger partial charge < -0.3 is 10.8 Å². The average molecular weight is 311 g/mol. The standard InChI is InChI=1S/C11H13BrFNO.ClH/c1-6(2)3-10(14)8-4-7(12)5-9(13)11(8)15;/h4-5,10,15H,1,3,14H2,2H3;1H/t10-;/m1./s1. The number of phenolic OH excluding ortho intramolecular Hbond substituents is 1. The number of hydrogen-bond acceptors (Lipinski definition) is 2. The average Bonchev–Trinajstić information content (AvgIpc) is 2.09. The Hall–Kier alpha value is -0.580. The Kier molecular flexibility index (Phi) is 6.00. The molecule has 0 saturated carbocycles. The van der Waals surface area contributed by atoms with Crippen LogP contribution < -0.4 is 5.73 Å². The zero-order chi connectivity index (χ0) is 11.6. The topological polar surface area (TPSA) is 46.2 Å². The molecule has 0 heterocycles. The first-order chi connectivity index (χ1) is 6.91. The largest absolute Gasteiger partial charge is 0.505 e. The number of halogens is 3. The Morgan fingerprint density at radius 2 is 2.19 bits per heavy atom. The van der Waals surface area contributed by atoms with Gasteiger partial charge in [-0.25, -0.2) is 4.39 Å². The van der Waals surface area contributed by atoms with Gasteiger partial charge in [-0.05, 0) is 25.5 Å². The molecule has 0 bridgehead atoms. The van der Waals surface area contributed by atoms with Crippen LogP contribution in [0, 0.1) is 5.82 Å². The normalized spacial score (nSPS) is 11.8. The number of phenols is 1. The molecule has 0 unspecified atom stereocenters. The molecule has 1 aromatic rings. The first-order valence-corrected chi connectivity index (χ1v) is 5.29. The van der Waals surface area contributed by atoms with Crippen LogP contribution in [-0.2, 0) is 0 Å². The molecule has 5 heteroatoms. The molecule has 16 heavy (non-hydrogen) atoms. The lowest BCUT2D eigenvalue weighted by atomic mass is 10.0. The van der Waals surface area contributed by atoms with E-state index in [2.05, 4.69) is 22.5 Å². The van der Waals surface area contributed by atoms with Crippen LogP contribution in [0.4, 0.5) is 4.39 Å². The van der Waals surface area contributed by atoms with Crippen LogP contribution in [0.15, 0.2) is 28.8 Å². The van der Waals surface area contributed by atoms with Crippen molar-refractivity contribution in [3.63, 3.8) is 0 Å². The van der Waals surface area contributed by atoms with Crippen molar-refractivity contribution in [1.82, 2.24) is 0 Å². The number of hydrogen-bond donors (Lipinski definition) is 2. The van der Waals surface area contributed by atoms with E-state index in [-0.39, 0.29) is 18.2 Å². The maximum Gasteiger partial charge on any atom is 0.166 e. The molecule has 0 aliphatic heterocycles. The van der Waals surface area contributed by atoms with Gasteiger partial charge in [0.25, 0.3) is 0 Å². The zero-order valence-corrected chi connectivity index (χ0v) is 11.2. The van der Waals surface area contributed by atoms with Crippen LogP contribution >= 0.6 is 28.3 Å². The molecule has 0 amide bonds. The third kappa shape index (κ3) is 3.77. The van der Waals surface area contributed by atoms with Crippen molar-refractivity contribution in [2.45, 2.75) is 19.4 Å². The van der Waals surface area contributed by atoms with Crippen LogP contribution in [0.1, 0.15) is 24.9 Å². The van der Waals surface area contributed by atoms with Crippen molar-refractivity contribution >= 4 is 28.3 Å². The Bertz CT molecular complexity index is 398. The van der Waals surface area contributed by atoms with Crippen molar-refractivity contribution in [2.75, 3.05) is 0 Å². The smallest absolute Gasteiger partial charge is 0.166 e. The summed E-state index contributed by atoms with van der Waals surface area (Å²) in [4.78, 5) is 0. The van der Waals surface area contributed by atoms with Gasteiger partial charge in [-0.2, -0.15) is 0 Å². The van der Waals surface area contributed by atoms with Gasteiger partial charge in [0.1, 0.15) is 0 Å². The van der Waals surface area contributed by atoms with E-state index in [0.29, 0.717) is 16.5 Å². The second-order valence-corrected chi connectivity index (χ2v) is 4.51. The highest BCUT2D eigenvalue weighted by molar-refractivity contribution is 9.10. The summed E-state index contributed by atoms with van der Waals surface area (Å²) in [5, 5.41) is 9.50. The number of aromatic hydroxyl groups is 1. The highest BCUT2D eigenvalue weighted by Crippen LogP contribution is 2.31. The molecule has 0 aliphatic carbocycles. The van der Waals surface area contributed by atoms with E-state index in [1.165, 1.54) is 6.07 Å². The summed E-state index contributed by atoms with van der Waals surface area (Å²) in [6.45, 7) is 5.57. The second-order valence-electron chi connectivity index (χ2n) is 3.59. The molecule has 2 nitrogen and oxygen atoms in total. The lowest BCUT2D eigenvalue weighted by molar-refractivity contribution is 0.420. The Labute approximate surface area is 109 Å². The van der Waals surface area contributed by atoms with E-state index in [9.17, 15) is 9.50 Å². The van der Waals surface area contributed by atoms with Gasteiger partial charge in [0.05, 0.1) is 0 Å². The Balaban J connectivity index is 0.00000225. The second kappa shape index (κ2) is 6.23. The summed E-state index contributed by atoms with van der Waals surface area (Å²) in [6, 6.07) is 2.38. The van der Waals surface area contributed by atoms with E-state index in [4.69, 9.17) is 5.73 Å². The van der Waals surface area contributed by atoms with Crippen molar-refractivity contribution in [3.8, 4) is 5.75 Å². The van der Waals surface area contributed by atoms with Gasteiger partial charge in [-0.3, -0.25) is 0 Å². The van der Waals surface area contributed by atoms with Gasteiger partial charge in [0, 0.05) is 16.1 Å². The Morgan fingerprint density at radius 1 is 1.62 bits per heavy atom. The third-order valence-electron chi connectivity index (χ3n) is 2.03. The zero-order valence-electron chi connectivity index (χ0n) is 8.84. The minimum Gasteiger partial charge on any atom is -0.505 e. The minimum atomic E-state index is -0.670. The quantitative estimate of drug-likeness (QED) is 0.837.